The molecule has 0 unspecified atom stereocenters. The lowest BCUT2D eigenvalue weighted by atomic mass is 9.93. The number of carbonyl (C=O) groups is 1. The second kappa shape index (κ2) is 4.99. The van der Waals surface area contributed by atoms with E-state index in [0.29, 0.717) is 0 Å². The molecule has 1 N–H and O–H groups in total. The summed E-state index contributed by atoms with van der Waals surface area (Å²) >= 11 is 0. The summed E-state index contributed by atoms with van der Waals surface area (Å²) in [6.07, 6.45) is 2.93. The van der Waals surface area contributed by atoms with Crippen LogP contribution in [0.5, 0.6) is 0 Å². The Morgan fingerprint density at radius 1 is 1.35 bits per heavy atom. The fraction of sp³-hybridized carbons (Fsp3) is 0.308. The van der Waals surface area contributed by atoms with Gasteiger partial charge in [-0.1, -0.05) is 5.16 Å². The van der Waals surface area contributed by atoms with Crippen molar-refractivity contribution in [3.8, 4) is 11.5 Å². The van der Waals surface area contributed by atoms with Crippen LogP contribution in [0.2, 0.25) is 0 Å². The molecule has 104 valence electrons. The third-order valence-electron chi connectivity index (χ3n) is 3.23. The lowest BCUT2D eigenvalue weighted by Gasteiger charge is -2.25. The van der Waals surface area contributed by atoms with Crippen molar-refractivity contribution in [2.24, 2.45) is 0 Å². The molecule has 0 atom stereocenters. The average Bonchev–Trinajstić information content (AvgIpc) is 2.86. The van der Waals surface area contributed by atoms with Gasteiger partial charge in [0.15, 0.2) is 0 Å². The molecule has 1 aliphatic carbocycles. The molecular weight excluding hydrogens is 268 g/mol. The first-order valence-electron chi connectivity index (χ1n) is 6.23. The molecule has 1 saturated carbocycles. The highest BCUT2D eigenvalue weighted by molar-refractivity contribution is 5.90. The van der Waals surface area contributed by atoms with Gasteiger partial charge in [-0.15, -0.1) is 0 Å². The van der Waals surface area contributed by atoms with E-state index >= 15 is 0 Å². The van der Waals surface area contributed by atoms with Crippen molar-refractivity contribution in [2.45, 2.75) is 25.3 Å². The van der Waals surface area contributed by atoms with Crippen LogP contribution < -0.4 is 5.32 Å². The molecule has 3 rings (SSSR count). The summed E-state index contributed by atoms with van der Waals surface area (Å²) in [6, 6.07) is 3.02. The number of hydrogen-bond acceptors (Lipinski definition) is 4. The summed E-state index contributed by atoms with van der Waals surface area (Å²) < 4.78 is 31.4. The van der Waals surface area contributed by atoms with E-state index in [1.165, 1.54) is 0 Å². The maximum Gasteiger partial charge on any atom is 0.292 e. The number of rotatable bonds is 3. The molecule has 1 heterocycles. The zero-order valence-electron chi connectivity index (χ0n) is 10.4. The van der Waals surface area contributed by atoms with Gasteiger partial charge in [0.1, 0.15) is 11.6 Å². The molecule has 20 heavy (non-hydrogen) atoms. The van der Waals surface area contributed by atoms with E-state index < -0.39 is 17.5 Å². The second-order valence-corrected chi connectivity index (χ2v) is 4.65. The van der Waals surface area contributed by atoms with Gasteiger partial charge in [0, 0.05) is 6.04 Å². The molecule has 0 spiro atoms. The van der Waals surface area contributed by atoms with Crippen LogP contribution in [0.1, 0.15) is 29.9 Å². The number of carbonyl (C=O) groups excluding carboxylic acids is 1. The van der Waals surface area contributed by atoms with Crippen LogP contribution in [0, 0.1) is 11.6 Å². The standard InChI is InChI=1S/C13H11F2N3O2/c14-7-4-5-10(15)9(6-7)13-17-11(18-20-13)12(19)16-8-2-1-3-8/h4-6,8H,1-3H2,(H,16,19). The van der Waals surface area contributed by atoms with E-state index in [1.54, 1.807) is 0 Å². The summed E-state index contributed by atoms with van der Waals surface area (Å²) in [7, 11) is 0. The summed E-state index contributed by atoms with van der Waals surface area (Å²) in [5, 5.41) is 6.22. The minimum absolute atomic E-state index is 0.135. The summed E-state index contributed by atoms with van der Waals surface area (Å²) in [4.78, 5) is 15.6. The van der Waals surface area contributed by atoms with Crippen molar-refractivity contribution in [3.63, 3.8) is 0 Å². The third-order valence-corrected chi connectivity index (χ3v) is 3.23. The van der Waals surface area contributed by atoms with Crippen LogP contribution in [0.25, 0.3) is 11.5 Å². The Balaban J connectivity index is 1.82. The van der Waals surface area contributed by atoms with Crippen LogP contribution in [0.3, 0.4) is 0 Å². The Bertz CT molecular complexity index is 653. The third kappa shape index (κ3) is 2.38. The smallest absolute Gasteiger partial charge is 0.292 e. The molecular formula is C13H11F2N3O2. The van der Waals surface area contributed by atoms with Gasteiger partial charge in [0.25, 0.3) is 17.6 Å². The highest BCUT2D eigenvalue weighted by Crippen LogP contribution is 2.22. The van der Waals surface area contributed by atoms with Crippen molar-refractivity contribution in [2.75, 3.05) is 0 Å². The monoisotopic (exact) mass is 279 g/mol. The molecule has 1 aliphatic rings. The van der Waals surface area contributed by atoms with E-state index in [1.807, 2.05) is 0 Å². The van der Waals surface area contributed by atoms with Crippen molar-refractivity contribution in [1.29, 1.82) is 0 Å². The summed E-state index contributed by atoms with van der Waals surface area (Å²) in [5.41, 5.74) is -0.166. The molecule has 0 saturated heterocycles. The van der Waals surface area contributed by atoms with E-state index in [2.05, 4.69) is 15.5 Å². The van der Waals surface area contributed by atoms with Gasteiger partial charge in [-0.3, -0.25) is 4.79 Å². The van der Waals surface area contributed by atoms with Crippen molar-refractivity contribution in [1.82, 2.24) is 15.5 Å². The first kappa shape index (κ1) is 12.7. The number of hydrogen-bond donors (Lipinski definition) is 1. The first-order chi connectivity index (χ1) is 9.63. The molecule has 1 aromatic heterocycles. The molecule has 7 heteroatoms. The highest BCUT2D eigenvalue weighted by atomic mass is 19.1. The number of halogens is 2. The average molecular weight is 279 g/mol. The number of nitrogens with one attached hydrogen (secondary N) is 1. The minimum Gasteiger partial charge on any atom is -0.346 e. The van der Waals surface area contributed by atoms with Crippen molar-refractivity contribution in [3.05, 3.63) is 35.7 Å². The fourth-order valence-corrected chi connectivity index (χ4v) is 1.89. The fourth-order valence-electron chi connectivity index (χ4n) is 1.89. The van der Waals surface area contributed by atoms with Gasteiger partial charge >= 0.3 is 0 Å². The van der Waals surface area contributed by atoms with Gasteiger partial charge < -0.3 is 9.84 Å². The number of nitrogens with zero attached hydrogens (tertiary/aromatic N) is 2. The molecule has 0 radical (unpaired) electrons. The zero-order chi connectivity index (χ0) is 14.1. The molecule has 0 bridgehead atoms. The Labute approximate surface area is 113 Å². The van der Waals surface area contributed by atoms with Gasteiger partial charge in [-0.2, -0.15) is 4.98 Å². The predicted molar refractivity (Wildman–Crippen MR) is 64.8 cm³/mol. The van der Waals surface area contributed by atoms with Gasteiger partial charge in [0.2, 0.25) is 0 Å². The van der Waals surface area contributed by atoms with Gasteiger partial charge in [0.05, 0.1) is 5.56 Å². The maximum absolute atomic E-state index is 13.5. The van der Waals surface area contributed by atoms with Crippen LogP contribution in [0.15, 0.2) is 22.7 Å². The van der Waals surface area contributed by atoms with Crippen molar-refractivity contribution < 1.29 is 18.1 Å². The lowest BCUT2D eigenvalue weighted by Crippen LogP contribution is -2.39. The number of benzene rings is 1. The molecule has 1 fully saturated rings. The SMILES string of the molecule is O=C(NC1CCC1)c1noc(-c2cc(F)ccc2F)n1. The van der Waals surface area contributed by atoms with Gasteiger partial charge in [-0.05, 0) is 37.5 Å². The Hall–Kier alpha value is -2.31. The van der Waals surface area contributed by atoms with Crippen LogP contribution in [-0.2, 0) is 0 Å². The highest BCUT2D eigenvalue weighted by Gasteiger charge is 2.24. The molecule has 5 nitrogen and oxygen atoms in total. The van der Waals surface area contributed by atoms with Crippen LogP contribution in [0.4, 0.5) is 8.78 Å². The largest absolute Gasteiger partial charge is 0.346 e. The minimum atomic E-state index is -0.694. The van der Waals surface area contributed by atoms with E-state index in [9.17, 15) is 13.6 Å². The Morgan fingerprint density at radius 3 is 2.85 bits per heavy atom. The lowest BCUT2D eigenvalue weighted by molar-refractivity contribution is 0.0903. The van der Waals surface area contributed by atoms with Crippen LogP contribution in [-0.4, -0.2) is 22.1 Å². The maximum atomic E-state index is 13.5. The molecule has 1 aromatic carbocycles. The van der Waals surface area contributed by atoms with Crippen molar-refractivity contribution >= 4 is 5.91 Å². The van der Waals surface area contributed by atoms with E-state index in [4.69, 9.17) is 4.52 Å². The molecule has 1 amide bonds. The number of amides is 1. The number of aromatic nitrogens is 2. The molecule has 2 aromatic rings. The topological polar surface area (TPSA) is 68.0 Å². The zero-order valence-corrected chi connectivity index (χ0v) is 10.4. The van der Waals surface area contributed by atoms with E-state index in [0.717, 1.165) is 37.5 Å². The summed E-state index contributed by atoms with van der Waals surface area (Å²) in [6.45, 7) is 0. The predicted octanol–water partition coefficient (Wildman–Crippen LogP) is 2.30. The first-order valence-corrected chi connectivity index (χ1v) is 6.23. The normalized spacial score (nSPS) is 14.9. The quantitative estimate of drug-likeness (QED) is 0.936. The van der Waals surface area contributed by atoms with Gasteiger partial charge in [-0.25, -0.2) is 8.78 Å². The van der Waals surface area contributed by atoms with Crippen LogP contribution >= 0.6 is 0 Å². The summed E-state index contributed by atoms with van der Waals surface area (Å²) in [5.74, 6) is -2.20. The Kier molecular flexibility index (Phi) is 3.17. The molecule has 0 aliphatic heterocycles. The Morgan fingerprint density at radius 2 is 2.15 bits per heavy atom. The second-order valence-electron chi connectivity index (χ2n) is 4.65. The van der Waals surface area contributed by atoms with E-state index in [-0.39, 0.29) is 23.3 Å².